The summed E-state index contributed by atoms with van der Waals surface area (Å²) < 4.78 is 4.75. The van der Waals surface area contributed by atoms with E-state index in [9.17, 15) is 0 Å². The van der Waals surface area contributed by atoms with Crippen LogP contribution in [0, 0.1) is 0 Å². The molecule has 0 aliphatic heterocycles. The maximum atomic E-state index is 2.37. The van der Waals surface area contributed by atoms with Gasteiger partial charge < -0.3 is 0 Å². The van der Waals surface area contributed by atoms with Crippen molar-refractivity contribution < 1.29 is 9.13 Å². The predicted molar refractivity (Wildman–Crippen MR) is 179 cm³/mol. The molecule has 0 spiro atoms. The van der Waals surface area contributed by atoms with Crippen molar-refractivity contribution in [1.82, 2.24) is 0 Å². The zero-order valence-corrected chi connectivity index (χ0v) is 24.5. The summed E-state index contributed by atoms with van der Waals surface area (Å²) in [5.74, 6) is 0. The van der Waals surface area contributed by atoms with Crippen LogP contribution in [0.3, 0.4) is 0 Å². The maximum Gasteiger partial charge on any atom is 0.220 e. The van der Waals surface area contributed by atoms with Crippen LogP contribution in [0.15, 0.2) is 146 Å². The molecule has 43 heavy (non-hydrogen) atoms. The van der Waals surface area contributed by atoms with E-state index >= 15 is 0 Å². The first-order valence-electron chi connectivity index (χ1n) is 15.0. The Bertz CT molecular complexity index is 2180. The fourth-order valence-corrected chi connectivity index (χ4v) is 7.11. The van der Waals surface area contributed by atoms with Gasteiger partial charge in [0.1, 0.15) is 14.1 Å². The number of para-hydroxylation sites is 2. The second kappa shape index (κ2) is 10.2. The molecule has 2 heteroatoms. The fraction of sp³-hybridized carbons (Fsp3) is 0.0732. The van der Waals surface area contributed by atoms with Crippen molar-refractivity contribution in [3.8, 4) is 22.5 Å². The van der Waals surface area contributed by atoms with E-state index in [4.69, 9.17) is 0 Å². The van der Waals surface area contributed by atoms with Crippen molar-refractivity contribution in [3.05, 3.63) is 157 Å². The van der Waals surface area contributed by atoms with Gasteiger partial charge in [-0.1, -0.05) is 97.1 Å². The van der Waals surface area contributed by atoms with E-state index in [1.54, 1.807) is 0 Å². The van der Waals surface area contributed by atoms with Crippen molar-refractivity contribution in [2.75, 3.05) is 0 Å². The lowest BCUT2D eigenvalue weighted by Crippen LogP contribution is -2.33. The highest BCUT2D eigenvalue weighted by Gasteiger charge is 2.25. The molecule has 0 saturated carbocycles. The average molecular weight is 553 g/mol. The number of benzene rings is 6. The summed E-state index contributed by atoms with van der Waals surface area (Å²) >= 11 is 0. The molecule has 0 bridgehead atoms. The van der Waals surface area contributed by atoms with Crippen molar-refractivity contribution >= 4 is 43.4 Å². The molecule has 0 amide bonds. The van der Waals surface area contributed by atoms with E-state index in [1.807, 2.05) is 0 Å². The number of rotatable bonds is 4. The third-order valence-electron chi connectivity index (χ3n) is 9.07. The SMILES string of the molecule is C[n+]1c(-c2ccccc2Cc2ccccc2-c2c3ccccc3c3ccccc3[n+]2C)c2ccccc2c2ccccc21. The van der Waals surface area contributed by atoms with Gasteiger partial charge in [-0.15, -0.1) is 0 Å². The Morgan fingerprint density at radius 1 is 0.349 bits per heavy atom. The Balaban J connectivity index is 1.36. The number of aromatic nitrogens is 2. The van der Waals surface area contributed by atoms with Gasteiger partial charge >= 0.3 is 0 Å². The van der Waals surface area contributed by atoms with Crippen LogP contribution < -0.4 is 9.13 Å². The zero-order chi connectivity index (χ0) is 28.9. The largest absolute Gasteiger partial charge is 0.220 e. The smallest absolute Gasteiger partial charge is 0.194 e. The third-order valence-corrected chi connectivity index (χ3v) is 9.07. The summed E-state index contributed by atoms with van der Waals surface area (Å²) in [4.78, 5) is 0. The number of fused-ring (bicyclic) bond motifs is 6. The van der Waals surface area contributed by atoms with E-state index in [0.717, 1.165) is 6.42 Å². The molecule has 6 aromatic carbocycles. The second-order valence-electron chi connectivity index (χ2n) is 11.4. The molecule has 2 aromatic heterocycles. The molecule has 0 atom stereocenters. The lowest BCUT2D eigenvalue weighted by atomic mass is 9.90. The minimum atomic E-state index is 0.828. The Morgan fingerprint density at radius 2 is 0.674 bits per heavy atom. The standard InChI is InChI=1S/C41H32N2/c1-42-38-25-13-11-21-34(38)32-19-7-9-23-36(32)40(42)30-17-5-3-15-28(30)27-29-16-4-6-18-31(29)41-37-24-10-8-20-33(37)35-22-12-14-26-39(35)43(41)2/h3-26H,27H2,1-2H3/q+2. The molecule has 8 rings (SSSR count). The first-order valence-corrected chi connectivity index (χ1v) is 15.0. The number of hydrogen-bond acceptors (Lipinski definition) is 0. The van der Waals surface area contributed by atoms with Crippen molar-refractivity contribution in [1.29, 1.82) is 0 Å². The van der Waals surface area contributed by atoms with Crippen LogP contribution in [-0.2, 0) is 20.5 Å². The quantitative estimate of drug-likeness (QED) is 0.152. The Labute approximate surface area is 251 Å². The minimum Gasteiger partial charge on any atom is -0.194 e. The van der Waals surface area contributed by atoms with Gasteiger partial charge in [-0.25, -0.2) is 0 Å². The highest BCUT2D eigenvalue weighted by atomic mass is 14.9. The molecule has 2 nitrogen and oxygen atoms in total. The summed E-state index contributed by atoms with van der Waals surface area (Å²) in [5.41, 5.74) is 10.2. The minimum absolute atomic E-state index is 0.828. The van der Waals surface area contributed by atoms with Gasteiger partial charge in [0.05, 0.1) is 32.7 Å². The Hall–Kier alpha value is -5.34. The van der Waals surface area contributed by atoms with Gasteiger partial charge in [0.25, 0.3) is 0 Å². The molecule has 8 aromatic rings. The summed E-state index contributed by atoms with van der Waals surface area (Å²) in [6, 6.07) is 53.0. The van der Waals surface area contributed by atoms with Crippen LogP contribution in [0.25, 0.3) is 65.9 Å². The molecule has 0 aliphatic carbocycles. The zero-order valence-electron chi connectivity index (χ0n) is 24.5. The van der Waals surface area contributed by atoms with Gasteiger partial charge in [-0.2, -0.15) is 9.13 Å². The molecule has 0 aliphatic rings. The fourth-order valence-electron chi connectivity index (χ4n) is 7.11. The molecular formula is C41H32N2+2. The van der Waals surface area contributed by atoms with Crippen LogP contribution in [0.2, 0.25) is 0 Å². The second-order valence-corrected chi connectivity index (χ2v) is 11.4. The monoisotopic (exact) mass is 552 g/mol. The van der Waals surface area contributed by atoms with Crippen LogP contribution in [0.5, 0.6) is 0 Å². The highest BCUT2D eigenvalue weighted by Crippen LogP contribution is 2.36. The van der Waals surface area contributed by atoms with E-state index < -0.39 is 0 Å². The van der Waals surface area contributed by atoms with Crippen molar-refractivity contribution in [3.63, 3.8) is 0 Å². The number of pyridine rings is 2. The van der Waals surface area contributed by atoms with E-state index in [0.29, 0.717) is 0 Å². The van der Waals surface area contributed by atoms with Crippen LogP contribution in [0.4, 0.5) is 0 Å². The van der Waals surface area contributed by atoms with Gasteiger partial charge in [-0.3, -0.25) is 0 Å². The molecule has 0 fully saturated rings. The molecule has 0 radical (unpaired) electrons. The topological polar surface area (TPSA) is 7.76 Å². The van der Waals surface area contributed by atoms with Gasteiger partial charge in [0.15, 0.2) is 0 Å². The lowest BCUT2D eigenvalue weighted by molar-refractivity contribution is -0.632. The van der Waals surface area contributed by atoms with E-state index in [1.165, 1.54) is 77.0 Å². The summed E-state index contributed by atoms with van der Waals surface area (Å²) in [5, 5.41) is 7.69. The molecule has 0 unspecified atom stereocenters. The number of hydrogen-bond donors (Lipinski definition) is 0. The summed E-state index contributed by atoms with van der Waals surface area (Å²) in [7, 11) is 4.41. The molecule has 204 valence electrons. The lowest BCUT2D eigenvalue weighted by Gasteiger charge is -2.15. The summed E-state index contributed by atoms with van der Waals surface area (Å²) in [6.07, 6.45) is 0.828. The molecule has 2 heterocycles. The van der Waals surface area contributed by atoms with Crippen LogP contribution >= 0.6 is 0 Å². The Kier molecular flexibility index (Phi) is 6.01. The summed E-state index contributed by atoms with van der Waals surface area (Å²) in [6.45, 7) is 0. The maximum absolute atomic E-state index is 2.37. The first kappa shape index (κ1) is 25.4. The normalized spacial score (nSPS) is 11.6. The highest BCUT2D eigenvalue weighted by molar-refractivity contribution is 6.10. The molecule has 0 saturated heterocycles. The number of nitrogens with zero attached hydrogens (tertiary/aromatic N) is 2. The van der Waals surface area contributed by atoms with Gasteiger partial charge in [-0.05, 0) is 53.9 Å². The van der Waals surface area contributed by atoms with Gasteiger partial charge in [0.2, 0.25) is 22.4 Å². The van der Waals surface area contributed by atoms with Crippen molar-refractivity contribution in [2.45, 2.75) is 6.42 Å². The average Bonchev–Trinajstić information content (AvgIpc) is 3.06. The van der Waals surface area contributed by atoms with E-state index in [-0.39, 0.29) is 0 Å². The Morgan fingerprint density at radius 3 is 1.12 bits per heavy atom. The van der Waals surface area contributed by atoms with Gasteiger partial charge in [0, 0.05) is 22.9 Å². The van der Waals surface area contributed by atoms with E-state index in [2.05, 4.69) is 169 Å². The van der Waals surface area contributed by atoms with Crippen LogP contribution in [0.1, 0.15) is 11.1 Å². The third kappa shape index (κ3) is 4.02. The van der Waals surface area contributed by atoms with Crippen molar-refractivity contribution in [2.24, 2.45) is 14.1 Å². The predicted octanol–water partition coefficient (Wildman–Crippen LogP) is 8.87. The first-order chi connectivity index (χ1) is 21.2. The molecular weight excluding hydrogens is 520 g/mol. The van der Waals surface area contributed by atoms with Crippen LogP contribution in [-0.4, -0.2) is 0 Å². The number of aryl methyl sites for hydroxylation is 2. The molecule has 0 N–H and O–H groups in total.